The first-order valence-electron chi connectivity index (χ1n) is 1.38. The number of halogens is 6. The van der Waals surface area contributed by atoms with Gasteiger partial charge in [0.25, 0.3) is 0 Å². The highest BCUT2D eigenvalue weighted by Crippen LogP contribution is 2.44. The molecule has 50 valence electrons. The summed E-state index contributed by atoms with van der Waals surface area (Å²) in [5.74, 6) is 0. The standard InChI is InChI=1S/CCl6Si/c2-1(3,4)8(5,6)7. The maximum absolute atomic E-state index is 5.28. The van der Waals surface area contributed by atoms with Crippen molar-refractivity contribution in [2.75, 3.05) is 0 Å². The van der Waals surface area contributed by atoms with Gasteiger partial charge in [0.05, 0.1) is 0 Å². The molecule has 0 amide bonds. The average Bonchev–Trinajstić information content (AvgIpc) is 1.25. The Labute approximate surface area is 77.1 Å². The summed E-state index contributed by atoms with van der Waals surface area (Å²) >= 11 is 31.5. The third-order valence-corrected chi connectivity index (χ3v) is 8.68. The molecule has 0 aliphatic rings. The lowest BCUT2D eigenvalue weighted by Crippen LogP contribution is -2.30. The molecule has 0 heterocycles. The lowest BCUT2D eigenvalue weighted by molar-refractivity contribution is 1.71. The maximum Gasteiger partial charge on any atom is 0.392 e. The van der Waals surface area contributed by atoms with E-state index in [1.165, 1.54) is 0 Å². The molecule has 0 saturated carbocycles. The van der Waals surface area contributed by atoms with Crippen molar-refractivity contribution < 1.29 is 0 Å². The number of hydrogen-bond acceptors (Lipinski definition) is 0. The van der Waals surface area contributed by atoms with E-state index in [0.29, 0.717) is 0 Å². The molecule has 0 nitrogen and oxygen atoms in total. The highest BCUT2D eigenvalue weighted by Gasteiger charge is 2.48. The Bertz CT molecular complexity index is 63.5. The second-order valence-electron chi connectivity index (χ2n) is 0.996. The molecule has 0 N–H and O–H groups in total. The van der Waals surface area contributed by atoms with Crippen molar-refractivity contribution in [3.8, 4) is 0 Å². The monoisotopic (exact) mass is 250 g/mol. The molecule has 0 bridgehead atoms. The van der Waals surface area contributed by atoms with Crippen LogP contribution in [-0.2, 0) is 0 Å². The van der Waals surface area contributed by atoms with Gasteiger partial charge in [0, 0.05) is 0 Å². The zero-order valence-corrected chi connectivity index (χ0v) is 8.80. The Balaban J connectivity index is 4.02. The minimum Gasteiger partial charge on any atom is -0.122 e. The fourth-order valence-electron chi connectivity index (χ4n) is 0. The van der Waals surface area contributed by atoms with Crippen molar-refractivity contribution in [1.82, 2.24) is 0 Å². The molecule has 0 aromatic carbocycles. The van der Waals surface area contributed by atoms with Crippen LogP contribution in [0.5, 0.6) is 0 Å². The van der Waals surface area contributed by atoms with Gasteiger partial charge in [0.1, 0.15) is 0 Å². The van der Waals surface area contributed by atoms with E-state index in [9.17, 15) is 0 Å². The van der Waals surface area contributed by atoms with Gasteiger partial charge in [0.2, 0.25) is 3.42 Å². The second-order valence-corrected chi connectivity index (χ2v) is 12.8. The van der Waals surface area contributed by atoms with Gasteiger partial charge in [-0.1, -0.05) is 34.8 Å². The summed E-state index contributed by atoms with van der Waals surface area (Å²) in [7, 11) is 0. The van der Waals surface area contributed by atoms with Gasteiger partial charge in [-0.2, -0.15) is 0 Å². The Morgan fingerprint density at radius 1 is 0.875 bits per heavy atom. The molecule has 0 atom stereocenters. The van der Waals surface area contributed by atoms with E-state index in [1.807, 2.05) is 0 Å². The summed E-state index contributed by atoms with van der Waals surface area (Å²) in [6.45, 7) is 0. The van der Waals surface area contributed by atoms with Gasteiger partial charge in [-0.05, 0) is 0 Å². The van der Waals surface area contributed by atoms with Crippen LogP contribution in [-0.4, -0.2) is 9.42 Å². The van der Waals surface area contributed by atoms with Crippen LogP contribution in [0.15, 0.2) is 0 Å². The molecule has 0 saturated heterocycles. The first-order valence-corrected chi connectivity index (χ1v) is 7.55. The van der Waals surface area contributed by atoms with Crippen LogP contribution in [0.3, 0.4) is 0 Å². The summed E-state index contributed by atoms with van der Waals surface area (Å²) in [5.41, 5.74) is 0. The van der Waals surface area contributed by atoms with Crippen molar-refractivity contribution in [2.45, 2.75) is 3.42 Å². The van der Waals surface area contributed by atoms with Crippen LogP contribution in [0.1, 0.15) is 0 Å². The van der Waals surface area contributed by atoms with Gasteiger partial charge in [0.15, 0.2) is 0 Å². The van der Waals surface area contributed by atoms with Gasteiger partial charge >= 0.3 is 6.00 Å². The van der Waals surface area contributed by atoms with Crippen LogP contribution < -0.4 is 0 Å². The molecule has 0 fully saturated rings. The normalized spacial score (nSPS) is 14.2. The van der Waals surface area contributed by atoms with Crippen molar-refractivity contribution in [3.63, 3.8) is 0 Å². The van der Waals surface area contributed by atoms with E-state index in [1.54, 1.807) is 0 Å². The minimum absolute atomic E-state index is 1.71. The highest BCUT2D eigenvalue weighted by atomic mass is 35.8. The summed E-state index contributed by atoms with van der Waals surface area (Å²) in [5, 5.41) is 0. The van der Waals surface area contributed by atoms with E-state index in [4.69, 9.17) is 68.0 Å². The molecular formula is CCl6Si. The van der Waals surface area contributed by atoms with Crippen molar-refractivity contribution in [1.29, 1.82) is 0 Å². The van der Waals surface area contributed by atoms with Gasteiger partial charge in [-0.25, -0.2) is 0 Å². The molecule has 0 unspecified atom stereocenters. The predicted octanol–water partition coefficient (Wildman–Crippen LogP) is 3.55. The third-order valence-electron chi connectivity index (χ3n) is 0.321. The Morgan fingerprint density at radius 3 is 1.00 bits per heavy atom. The molecule has 0 radical (unpaired) electrons. The molecule has 0 aromatic heterocycles. The van der Waals surface area contributed by atoms with E-state index < -0.39 is 9.42 Å². The number of alkyl halides is 3. The molecule has 0 spiro atoms. The molecule has 7 heteroatoms. The maximum atomic E-state index is 5.28. The molecule has 8 heavy (non-hydrogen) atoms. The lowest BCUT2D eigenvalue weighted by Gasteiger charge is -2.15. The first kappa shape index (κ1) is 9.96. The second kappa shape index (κ2) is 2.91. The third kappa shape index (κ3) is 3.21. The van der Waals surface area contributed by atoms with Gasteiger partial charge in [-0.3, -0.25) is 0 Å². The summed E-state index contributed by atoms with van der Waals surface area (Å²) < 4.78 is -1.71. The van der Waals surface area contributed by atoms with Gasteiger partial charge in [-0.15, -0.1) is 33.2 Å². The molecule has 0 rings (SSSR count). The van der Waals surface area contributed by atoms with E-state index >= 15 is 0 Å². The predicted molar refractivity (Wildman–Crippen MR) is 43.6 cm³/mol. The average molecular weight is 253 g/mol. The minimum atomic E-state index is -3.15. The Hall–Kier alpha value is 1.96. The summed E-state index contributed by atoms with van der Waals surface area (Å²) in [6.07, 6.45) is 0. The van der Waals surface area contributed by atoms with Gasteiger partial charge < -0.3 is 0 Å². The van der Waals surface area contributed by atoms with Crippen LogP contribution in [0, 0.1) is 0 Å². The zero-order valence-electron chi connectivity index (χ0n) is 3.27. The SMILES string of the molecule is ClC(Cl)(Cl)[Si](Cl)(Cl)Cl. The number of hydrogen-bond donors (Lipinski definition) is 0. The Kier molecular flexibility index (Phi) is 3.62. The smallest absolute Gasteiger partial charge is 0.122 e. The largest absolute Gasteiger partial charge is 0.392 e. The topological polar surface area (TPSA) is 0 Å². The van der Waals surface area contributed by atoms with Crippen molar-refractivity contribution >= 4 is 74.0 Å². The lowest BCUT2D eigenvalue weighted by atomic mass is 11.8. The van der Waals surface area contributed by atoms with Crippen LogP contribution >= 0.6 is 68.0 Å². The van der Waals surface area contributed by atoms with E-state index in [2.05, 4.69) is 0 Å². The van der Waals surface area contributed by atoms with Crippen LogP contribution in [0.25, 0.3) is 0 Å². The van der Waals surface area contributed by atoms with Crippen LogP contribution in [0.2, 0.25) is 0 Å². The van der Waals surface area contributed by atoms with E-state index in [0.717, 1.165) is 0 Å². The Morgan fingerprint density at radius 2 is 1.00 bits per heavy atom. The summed E-state index contributed by atoms with van der Waals surface area (Å²) in [6, 6.07) is -3.15. The highest BCUT2D eigenvalue weighted by molar-refractivity contribution is 7.69. The fraction of sp³-hybridized carbons (Fsp3) is 1.00. The van der Waals surface area contributed by atoms with Crippen molar-refractivity contribution in [3.05, 3.63) is 0 Å². The quantitative estimate of drug-likeness (QED) is 0.351. The molecular weight excluding hydrogens is 253 g/mol. The fourth-order valence-corrected chi connectivity index (χ4v) is 0. The van der Waals surface area contributed by atoms with Crippen molar-refractivity contribution in [2.24, 2.45) is 0 Å². The number of rotatable bonds is 0. The molecule has 0 aliphatic heterocycles. The zero-order chi connectivity index (χ0) is 7.00. The van der Waals surface area contributed by atoms with E-state index in [-0.39, 0.29) is 0 Å². The summed E-state index contributed by atoms with van der Waals surface area (Å²) in [4.78, 5) is 0. The molecule has 0 aliphatic carbocycles. The first-order chi connectivity index (χ1) is 3.25. The van der Waals surface area contributed by atoms with Crippen LogP contribution in [0.4, 0.5) is 0 Å². The molecule has 0 aromatic rings.